The van der Waals surface area contributed by atoms with Crippen molar-refractivity contribution in [2.24, 2.45) is 4.99 Å². The number of nitrogens with zero attached hydrogens (tertiary/aromatic N) is 2. The number of hydrogen-bond donors (Lipinski definition) is 1. The van der Waals surface area contributed by atoms with Gasteiger partial charge in [0, 0.05) is 12.2 Å². The number of rotatable bonds is 5. The second kappa shape index (κ2) is 8.27. The Balaban J connectivity index is 1.85. The summed E-state index contributed by atoms with van der Waals surface area (Å²) in [4.78, 5) is 17.9. The van der Waals surface area contributed by atoms with Crippen LogP contribution in [0.5, 0.6) is 17.2 Å². The van der Waals surface area contributed by atoms with E-state index in [9.17, 15) is 4.79 Å². The fourth-order valence-electron chi connectivity index (χ4n) is 4.44. The van der Waals surface area contributed by atoms with Crippen molar-refractivity contribution < 1.29 is 18.9 Å². The average Bonchev–Trinajstić information content (AvgIpc) is 3.07. The Kier molecular flexibility index (Phi) is 5.83. The van der Waals surface area contributed by atoms with Crippen molar-refractivity contribution in [2.45, 2.75) is 50.5 Å². The minimum absolute atomic E-state index is 0.118. The quantitative estimate of drug-likeness (QED) is 0.739. The van der Waals surface area contributed by atoms with Crippen LogP contribution in [0.1, 0.15) is 56.0 Å². The number of ether oxygens (including phenoxy) is 4. The summed E-state index contributed by atoms with van der Waals surface area (Å²) < 4.78 is 24.5. The molecule has 0 bridgehead atoms. The van der Waals surface area contributed by atoms with E-state index in [0.29, 0.717) is 35.2 Å². The van der Waals surface area contributed by atoms with Gasteiger partial charge in [0.05, 0.1) is 48.8 Å². The van der Waals surface area contributed by atoms with E-state index in [-0.39, 0.29) is 22.5 Å². The minimum atomic E-state index is -0.278. The molecule has 0 unspecified atom stereocenters. The molecule has 1 N–H and O–H groups in total. The maximum Gasteiger partial charge on any atom is 0.271 e. The Hall–Kier alpha value is -2.39. The number of thioether (sulfide) groups is 1. The largest absolute Gasteiger partial charge is 0.493 e. The molecule has 2 aromatic rings. The smallest absolute Gasteiger partial charge is 0.271 e. The molecule has 0 saturated carbocycles. The van der Waals surface area contributed by atoms with Crippen LogP contribution in [0.15, 0.2) is 21.9 Å². The second-order valence-corrected chi connectivity index (χ2v) is 9.65. The zero-order chi connectivity index (χ0) is 22.3. The number of nitrogens with one attached hydrogen (secondary N) is 1. The summed E-state index contributed by atoms with van der Waals surface area (Å²) in [6.07, 6.45) is 1.63. The van der Waals surface area contributed by atoms with Crippen LogP contribution < -0.4 is 19.8 Å². The van der Waals surface area contributed by atoms with Crippen molar-refractivity contribution >= 4 is 22.6 Å². The Bertz CT molecular complexity index is 1070. The summed E-state index contributed by atoms with van der Waals surface area (Å²) in [5.74, 6) is 2.32. The molecule has 9 heteroatoms. The van der Waals surface area contributed by atoms with Gasteiger partial charge in [0.2, 0.25) is 5.75 Å². The Morgan fingerprint density at radius 2 is 1.94 bits per heavy atom. The van der Waals surface area contributed by atoms with Gasteiger partial charge < -0.3 is 18.9 Å². The lowest BCUT2D eigenvalue weighted by atomic mass is 9.94. The van der Waals surface area contributed by atoms with Crippen molar-refractivity contribution in [3.05, 3.63) is 33.6 Å². The van der Waals surface area contributed by atoms with Crippen molar-refractivity contribution in [3.63, 3.8) is 0 Å². The number of hydrogen-bond acceptors (Lipinski definition) is 7. The van der Waals surface area contributed by atoms with Gasteiger partial charge in [-0.05, 0) is 45.7 Å². The van der Waals surface area contributed by atoms with Gasteiger partial charge >= 0.3 is 0 Å². The van der Waals surface area contributed by atoms with Crippen LogP contribution in [-0.2, 0) is 4.74 Å². The summed E-state index contributed by atoms with van der Waals surface area (Å²) in [5.41, 5.74) is 1.09. The van der Waals surface area contributed by atoms with Crippen LogP contribution in [0.3, 0.4) is 0 Å². The molecule has 1 aromatic carbocycles. The topological polar surface area (TPSA) is 87.1 Å². The molecule has 1 fully saturated rings. The Labute approximate surface area is 185 Å². The highest BCUT2D eigenvalue weighted by atomic mass is 32.2. The predicted octanol–water partition coefficient (Wildman–Crippen LogP) is 4.22. The third-order valence-electron chi connectivity index (χ3n) is 5.80. The molecule has 31 heavy (non-hydrogen) atoms. The first-order valence-electron chi connectivity index (χ1n) is 10.3. The monoisotopic (exact) mass is 447 g/mol. The number of aliphatic imine (C=N–C) groups is 1. The summed E-state index contributed by atoms with van der Waals surface area (Å²) in [6, 6.07) is 3.88. The Morgan fingerprint density at radius 3 is 2.58 bits per heavy atom. The fraction of sp³-hybridized carbons (Fsp3) is 0.545. The van der Waals surface area contributed by atoms with Crippen LogP contribution >= 0.6 is 11.8 Å². The highest BCUT2D eigenvalue weighted by molar-refractivity contribution is 8.14. The van der Waals surface area contributed by atoms with Gasteiger partial charge in [0.15, 0.2) is 17.3 Å². The van der Waals surface area contributed by atoms with E-state index in [2.05, 4.69) is 18.9 Å². The summed E-state index contributed by atoms with van der Waals surface area (Å²) in [6.45, 7) is 6.77. The molecule has 0 spiro atoms. The molecule has 1 saturated heterocycles. The zero-order valence-corrected chi connectivity index (χ0v) is 19.6. The molecule has 0 radical (unpaired) electrons. The third-order valence-corrected chi connectivity index (χ3v) is 6.96. The molecular weight excluding hydrogens is 418 g/mol. The van der Waals surface area contributed by atoms with Crippen molar-refractivity contribution in [1.82, 2.24) is 9.78 Å². The van der Waals surface area contributed by atoms with E-state index in [1.165, 1.54) is 11.8 Å². The normalized spacial score (nSPS) is 22.5. The average molecular weight is 448 g/mol. The predicted molar refractivity (Wildman–Crippen MR) is 122 cm³/mol. The lowest BCUT2D eigenvalue weighted by Crippen LogP contribution is -2.35. The van der Waals surface area contributed by atoms with E-state index in [1.807, 2.05) is 23.7 Å². The van der Waals surface area contributed by atoms with Crippen LogP contribution in [0.25, 0.3) is 0 Å². The van der Waals surface area contributed by atoms with Gasteiger partial charge in [-0.1, -0.05) is 11.8 Å². The summed E-state index contributed by atoms with van der Waals surface area (Å²) >= 11 is 1.53. The van der Waals surface area contributed by atoms with Gasteiger partial charge in [-0.25, -0.2) is 4.99 Å². The van der Waals surface area contributed by atoms with E-state index < -0.39 is 0 Å². The SMILES string of the molecule is COc1ccc([C@@H]2SC(C)=Nc3c2c(=O)[nH]n3[C@@H]2CCOC(C)(C)C2)c(OC)c1OC. The molecule has 2 aliphatic rings. The fourth-order valence-corrected chi connectivity index (χ4v) is 5.57. The van der Waals surface area contributed by atoms with Gasteiger partial charge in [-0.2, -0.15) is 0 Å². The standard InChI is InChI=1S/C22H29N3O5S/c1-12-23-20-16(21(26)24-25(20)13-9-10-30-22(2,3)11-13)19(31-12)14-7-8-15(27-4)18(29-6)17(14)28-5/h7-8,13,19H,9-11H2,1-6H3,(H,24,26)/t13-,19+/m1/s1. The number of H-pyrrole nitrogens is 1. The minimum Gasteiger partial charge on any atom is -0.493 e. The van der Waals surface area contributed by atoms with Crippen LogP contribution in [0.2, 0.25) is 0 Å². The number of fused-ring (bicyclic) bond motifs is 1. The number of aromatic nitrogens is 2. The molecular formula is C22H29N3O5S. The van der Waals surface area contributed by atoms with E-state index in [0.717, 1.165) is 23.4 Å². The number of aromatic amines is 1. The van der Waals surface area contributed by atoms with Crippen LogP contribution in [0.4, 0.5) is 5.82 Å². The number of benzene rings is 1. The second-order valence-electron chi connectivity index (χ2n) is 8.36. The lowest BCUT2D eigenvalue weighted by Gasteiger charge is -2.36. The molecule has 2 atom stereocenters. The van der Waals surface area contributed by atoms with Crippen LogP contribution in [-0.4, -0.2) is 48.4 Å². The molecule has 168 valence electrons. The van der Waals surface area contributed by atoms with Crippen molar-refractivity contribution in [3.8, 4) is 17.2 Å². The molecule has 0 aliphatic carbocycles. The molecule has 0 amide bonds. The summed E-state index contributed by atoms with van der Waals surface area (Å²) in [5, 5.41) is 3.67. The molecule has 2 aliphatic heterocycles. The van der Waals surface area contributed by atoms with Gasteiger partial charge in [0.25, 0.3) is 5.56 Å². The first kappa shape index (κ1) is 21.8. The van der Waals surface area contributed by atoms with Crippen LogP contribution in [0, 0.1) is 0 Å². The molecule has 4 rings (SSSR count). The zero-order valence-electron chi connectivity index (χ0n) is 18.8. The van der Waals surface area contributed by atoms with Crippen molar-refractivity contribution in [2.75, 3.05) is 27.9 Å². The lowest BCUT2D eigenvalue weighted by molar-refractivity contribution is -0.0705. The molecule has 3 heterocycles. The Morgan fingerprint density at radius 1 is 1.19 bits per heavy atom. The summed E-state index contributed by atoms with van der Waals surface area (Å²) in [7, 11) is 4.75. The van der Waals surface area contributed by atoms with Gasteiger partial charge in [0.1, 0.15) is 0 Å². The van der Waals surface area contributed by atoms with Gasteiger partial charge in [-0.3, -0.25) is 14.6 Å². The molecule has 8 nitrogen and oxygen atoms in total. The van der Waals surface area contributed by atoms with E-state index in [1.54, 1.807) is 21.3 Å². The highest BCUT2D eigenvalue weighted by Crippen LogP contribution is 2.51. The maximum absolute atomic E-state index is 13.2. The van der Waals surface area contributed by atoms with E-state index >= 15 is 0 Å². The third kappa shape index (κ3) is 3.85. The first-order chi connectivity index (χ1) is 14.8. The van der Waals surface area contributed by atoms with E-state index in [4.69, 9.17) is 23.9 Å². The number of methoxy groups -OCH3 is 3. The van der Waals surface area contributed by atoms with Crippen molar-refractivity contribution in [1.29, 1.82) is 0 Å². The molecule has 1 aromatic heterocycles. The highest BCUT2D eigenvalue weighted by Gasteiger charge is 2.37. The van der Waals surface area contributed by atoms with Gasteiger partial charge in [-0.15, -0.1) is 0 Å². The maximum atomic E-state index is 13.2. The first-order valence-corrected chi connectivity index (χ1v) is 11.2.